The Bertz CT molecular complexity index is 683. The SMILES string of the molecule is CC1CCN(S(=O)(=O)c2ccc3c(c2)CCC3)C1C(=O)O. The largest absolute Gasteiger partial charge is 0.480 e. The van der Waals surface area contributed by atoms with Gasteiger partial charge in [0.15, 0.2) is 0 Å². The highest BCUT2D eigenvalue weighted by Gasteiger charge is 2.44. The van der Waals surface area contributed by atoms with Crippen LogP contribution in [0.1, 0.15) is 30.9 Å². The number of benzene rings is 1. The van der Waals surface area contributed by atoms with E-state index in [1.165, 1.54) is 5.56 Å². The van der Waals surface area contributed by atoms with Crippen molar-refractivity contribution in [2.75, 3.05) is 6.54 Å². The van der Waals surface area contributed by atoms with Crippen molar-refractivity contribution >= 4 is 16.0 Å². The van der Waals surface area contributed by atoms with Crippen LogP contribution in [0.15, 0.2) is 23.1 Å². The van der Waals surface area contributed by atoms with E-state index in [-0.39, 0.29) is 17.4 Å². The Hall–Kier alpha value is -1.40. The molecule has 2 unspecified atom stereocenters. The summed E-state index contributed by atoms with van der Waals surface area (Å²) in [6.07, 6.45) is 3.53. The van der Waals surface area contributed by atoms with Crippen LogP contribution >= 0.6 is 0 Å². The average Bonchev–Trinajstić information content (AvgIpc) is 3.03. The number of carbonyl (C=O) groups is 1. The summed E-state index contributed by atoms with van der Waals surface area (Å²) < 4.78 is 26.7. The molecule has 0 amide bonds. The molecule has 114 valence electrons. The Labute approximate surface area is 124 Å². The average molecular weight is 309 g/mol. The number of aliphatic carboxylic acids is 1. The van der Waals surface area contributed by atoms with Gasteiger partial charge in [-0.3, -0.25) is 4.79 Å². The molecule has 3 rings (SSSR count). The Kier molecular flexibility index (Phi) is 3.53. The third kappa shape index (κ3) is 2.36. The molecular formula is C15H19NO4S. The zero-order valence-electron chi connectivity index (χ0n) is 11.9. The number of rotatable bonds is 3. The molecule has 1 fully saturated rings. The molecule has 1 heterocycles. The lowest BCUT2D eigenvalue weighted by Crippen LogP contribution is -2.42. The topological polar surface area (TPSA) is 74.7 Å². The van der Waals surface area contributed by atoms with Gasteiger partial charge in [-0.2, -0.15) is 4.31 Å². The first-order valence-corrected chi connectivity index (χ1v) is 8.72. The highest BCUT2D eigenvalue weighted by Crippen LogP contribution is 2.32. The minimum atomic E-state index is -3.73. The molecule has 1 aromatic rings. The van der Waals surface area contributed by atoms with Gasteiger partial charge in [-0.05, 0) is 54.9 Å². The monoisotopic (exact) mass is 309 g/mol. The summed E-state index contributed by atoms with van der Waals surface area (Å²) in [6.45, 7) is 2.06. The van der Waals surface area contributed by atoms with E-state index in [0.717, 1.165) is 29.1 Å². The maximum atomic E-state index is 12.8. The summed E-state index contributed by atoms with van der Waals surface area (Å²) in [4.78, 5) is 11.6. The van der Waals surface area contributed by atoms with Crippen molar-refractivity contribution in [1.29, 1.82) is 0 Å². The van der Waals surface area contributed by atoms with Crippen molar-refractivity contribution in [3.8, 4) is 0 Å². The first-order valence-electron chi connectivity index (χ1n) is 7.27. The van der Waals surface area contributed by atoms with E-state index in [2.05, 4.69) is 0 Å². The van der Waals surface area contributed by atoms with Crippen molar-refractivity contribution in [3.63, 3.8) is 0 Å². The van der Waals surface area contributed by atoms with E-state index < -0.39 is 22.0 Å². The molecule has 6 heteroatoms. The molecule has 1 aromatic carbocycles. The highest BCUT2D eigenvalue weighted by atomic mass is 32.2. The van der Waals surface area contributed by atoms with Gasteiger partial charge in [0.1, 0.15) is 6.04 Å². The normalized spacial score (nSPS) is 26.0. The molecule has 1 aliphatic carbocycles. The highest BCUT2D eigenvalue weighted by molar-refractivity contribution is 7.89. The predicted molar refractivity (Wildman–Crippen MR) is 77.6 cm³/mol. The summed E-state index contributed by atoms with van der Waals surface area (Å²) in [5.41, 5.74) is 2.29. The molecule has 2 atom stereocenters. The van der Waals surface area contributed by atoms with E-state index in [1.807, 2.05) is 6.07 Å². The standard InChI is InChI=1S/C15H19NO4S/c1-10-7-8-16(14(10)15(17)18)21(19,20)13-6-5-11-3-2-4-12(11)9-13/h5-6,9-10,14H,2-4,7-8H2,1H3,(H,17,18). The summed E-state index contributed by atoms with van der Waals surface area (Å²) in [6, 6.07) is 4.24. The van der Waals surface area contributed by atoms with Crippen LogP contribution in [0.25, 0.3) is 0 Å². The van der Waals surface area contributed by atoms with Gasteiger partial charge in [-0.15, -0.1) is 0 Å². The molecule has 1 aliphatic heterocycles. The first-order chi connectivity index (χ1) is 9.91. The lowest BCUT2D eigenvalue weighted by molar-refractivity contribution is -0.141. The summed E-state index contributed by atoms with van der Waals surface area (Å²) in [5.74, 6) is -1.23. The van der Waals surface area contributed by atoms with Gasteiger partial charge in [0.05, 0.1) is 4.90 Å². The van der Waals surface area contributed by atoms with Crippen molar-refractivity contribution in [3.05, 3.63) is 29.3 Å². The molecule has 21 heavy (non-hydrogen) atoms. The van der Waals surface area contributed by atoms with Gasteiger partial charge in [0.25, 0.3) is 0 Å². The minimum Gasteiger partial charge on any atom is -0.480 e. The molecule has 1 saturated heterocycles. The maximum absolute atomic E-state index is 12.8. The smallest absolute Gasteiger partial charge is 0.322 e. The molecule has 5 nitrogen and oxygen atoms in total. The molecule has 2 aliphatic rings. The van der Waals surface area contributed by atoms with Gasteiger partial charge in [-0.25, -0.2) is 8.42 Å². The van der Waals surface area contributed by atoms with Crippen LogP contribution in [0.3, 0.4) is 0 Å². The molecular weight excluding hydrogens is 290 g/mol. The lowest BCUT2D eigenvalue weighted by Gasteiger charge is -2.23. The molecule has 0 spiro atoms. The number of carboxylic acid groups (broad SMARTS) is 1. The fourth-order valence-electron chi connectivity index (χ4n) is 3.39. The van der Waals surface area contributed by atoms with Crippen LogP contribution in [0, 0.1) is 5.92 Å². The molecule has 1 N–H and O–H groups in total. The Morgan fingerprint density at radius 2 is 2.00 bits per heavy atom. The van der Waals surface area contributed by atoms with Crippen LogP contribution < -0.4 is 0 Å². The zero-order valence-corrected chi connectivity index (χ0v) is 12.8. The number of fused-ring (bicyclic) bond motifs is 1. The van der Waals surface area contributed by atoms with Gasteiger partial charge in [0.2, 0.25) is 10.0 Å². The number of nitrogens with zero attached hydrogens (tertiary/aromatic N) is 1. The van der Waals surface area contributed by atoms with E-state index in [0.29, 0.717) is 6.42 Å². The van der Waals surface area contributed by atoms with Crippen LogP contribution in [0.2, 0.25) is 0 Å². The second kappa shape index (κ2) is 5.10. The van der Waals surface area contributed by atoms with Gasteiger partial charge in [-0.1, -0.05) is 13.0 Å². The number of hydrogen-bond donors (Lipinski definition) is 1. The van der Waals surface area contributed by atoms with E-state index in [4.69, 9.17) is 0 Å². The third-order valence-corrected chi connectivity index (χ3v) is 6.46. The van der Waals surface area contributed by atoms with E-state index in [1.54, 1.807) is 19.1 Å². The van der Waals surface area contributed by atoms with Crippen LogP contribution in [-0.4, -0.2) is 36.4 Å². The zero-order chi connectivity index (χ0) is 15.2. The summed E-state index contributed by atoms with van der Waals surface area (Å²) in [5, 5.41) is 9.31. The number of hydrogen-bond acceptors (Lipinski definition) is 3. The van der Waals surface area contributed by atoms with E-state index in [9.17, 15) is 18.3 Å². The quantitative estimate of drug-likeness (QED) is 0.921. The number of carboxylic acids is 1. The van der Waals surface area contributed by atoms with Gasteiger partial charge >= 0.3 is 5.97 Å². The third-order valence-electron chi connectivity index (χ3n) is 4.58. The van der Waals surface area contributed by atoms with Gasteiger partial charge < -0.3 is 5.11 Å². The lowest BCUT2D eigenvalue weighted by atomic mass is 10.0. The predicted octanol–water partition coefficient (Wildman–Crippen LogP) is 1.66. The second-order valence-corrected chi connectivity index (χ2v) is 7.84. The van der Waals surface area contributed by atoms with Crippen molar-refractivity contribution in [1.82, 2.24) is 4.31 Å². The fourth-order valence-corrected chi connectivity index (χ4v) is 5.14. The Balaban J connectivity index is 1.99. The molecule has 0 bridgehead atoms. The first kappa shape index (κ1) is 14.5. The second-order valence-electron chi connectivity index (χ2n) is 5.95. The van der Waals surface area contributed by atoms with Crippen LogP contribution in [-0.2, 0) is 27.7 Å². The Morgan fingerprint density at radius 1 is 1.29 bits per heavy atom. The van der Waals surface area contributed by atoms with Crippen molar-refractivity contribution in [2.24, 2.45) is 5.92 Å². The molecule has 0 saturated carbocycles. The van der Waals surface area contributed by atoms with Crippen LogP contribution in [0.4, 0.5) is 0 Å². The maximum Gasteiger partial charge on any atom is 0.322 e. The fraction of sp³-hybridized carbons (Fsp3) is 0.533. The number of aryl methyl sites for hydroxylation is 2. The summed E-state index contributed by atoms with van der Waals surface area (Å²) in [7, 11) is -3.73. The van der Waals surface area contributed by atoms with Crippen molar-refractivity contribution < 1.29 is 18.3 Å². The molecule has 0 aromatic heterocycles. The Morgan fingerprint density at radius 3 is 2.71 bits per heavy atom. The van der Waals surface area contributed by atoms with Crippen LogP contribution in [0.5, 0.6) is 0 Å². The van der Waals surface area contributed by atoms with Gasteiger partial charge in [0, 0.05) is 6.54 Å². The minimum absolute atomic E-state index is 0.160. The van der Waals surface area contributed by atoms with Crippen molar-refractivity contribution in [2.45, 2.75) is 43.5 Å². The van der Waals surface area contributed by atoms with E-state index >= 15 is 0 Å². The summed E-state index contributed by atoms with van der Waals surface area (Å²) >= 11 is 0. The number of sulfonamides is 1. The molecule has 0 radical (unpaired) electrons.